The number of halogens is 1. The van der Waals surface area contributed by atoms with Crippen molar-refractivity contribution in [1.29, 1.82) is 0 Å². The molecule has 5 nitrogen and oxygen atoms in total. The smallest absolute Gasteiger partial charge is 0.268 e. The van der Waals surface area contributed by atoms with Crippen LogP contribution in [-0.4, -0.2) is 17.4 Å². The van der Waals surface area contributed by atoms with Crippen molar-refractivity contribution in [2.24, 2.45) is 0 Å². The summed E-state index contributed by atoms with van der Waals surface area (Å²) < 4.78 is 46.5. The molecular weight excluding hydrogens is 403 g/mol. The van der Waals surface area contributed by atoms with Gasteiger partial charge in [0.05, 0.1) is 10.4 Å². The number of aromatic nitrogens is 2. The zero-order valence-electron chi connectivity index (χ0n) is 15.6. The molecule has 5 aromatic rings. The fourth-order valence-corrected chi connectivity index (χ4v) is 4.77. The molecule has 2 heterocycles. The lowest BCUT2D eigenvalue weighted by molar-refractivity contribution is 0.574. The van der Waals surface area contributed by atoms with Crippen molar-refractivity contribution in [3.63, 3.8) is 0 Å². The van der Waals surface area contributed by atoms with Crippen LogP contribution in [0.25, 0.3) is 33.6 Å². The Bertz CT molecular complexity index is 1450. The van der Waals surface area contributed by atoms with Gasteiger partial charge in [-0.1, -0.05) is 36.4 Å². The maximum Gasteiger partial charge on any atom is 0.268 e. The Labute approximate surface area is 172 Å². The van der Waals surface area contributed by atoms with E-state index in [9.17, 15) is 12.8 Å². The molecule has 0 radical (unpaired) electrons. The second kappa shape index (κ2) is 6.96. The lowest BCUT2D eigenvalue weighted by atomic mass is 10.1. The summed E-state index contributed by atoms with van der Waals surface area (Å²) in [7, 11) is -3.79. The Kier molecular flexibility index (Phi) is 4.25. The van der Waals surface area contributed by atoms with Crippen molar-refractivity contribution >= 4 is 20.9 Å². The quantitative estimate of drug-likeness (QED) is 0.395. The van der Waals surface area contributed by atoms with Gasteiger partial charge in [0, 0.05) is 22.7 Å². The Morgan fingerprint density at radius 2 is 1.57 bits per heavy atom. The fraction of sp³-hybridized carbons (Fsp3) is 0. The highest BCUT2D eigenvalue weighted by Crippen LogP contribution is 2.34. The van der Waals surface area contributed by atoms with E-state index in [2.05, 4.69) is 4.98 Å². The molecule has 3 aromatic carbocycles. The normalized spacial score (nSPS) is 11.8. The third-order valence-electron chi connectivity index (χ3n) is 4.85. The fourth-order valence-electron chi connectivity index (χ4n) is 3.38. The molecule has 30 heavy (non-hydrogen) atoms. The molecule has 7 heteroatoms. The summed E-state index contributed by atoms with van der Waals surface area (Å²) in [6.07, 6.45) is 3.03. The second-order valence-electron chi connectivity index (χ2n) is 6.72. The molecule has 5 rings (SSSR count). The molecule has 148 valence electrons. The molecular formula is C23H15FN2O3S. The first-order valence-electron chi connectivity index (χ1n) is 9.16. The molecule has 0 saturated heterocycles. The van der Waals surface area contributed by atoms with Crippen molar-refractivity contribution in [1.82, 2.24) is 8.96 Å². The minimum atomic E-state index is -3.79. The van der Waals surface area contributed by atoms with Gasteiger partial charge in [-0.3, -0.25) is 0 Å². The molecule has 0 unspecified atom stereocenters. The number of nitrogens with zero attached hydrogens (tertiary/aromatic N) is 2. The van der Waals surface area contributed by atoms with Crippen LogP contribution < -0.4 is 0 Å². The first-order valence-corrected chi connectivity index (χ1v) is 10.6. The Hall–Kier alpha value is -3.71. The van der Waals surface area contributed by atoms with Gasteiger partial charge in [0.15, 0.2) is 0 Å². The van der Waals surface area contributed by atoms with Crippen molar-refractivity contribution in [2.45, 2.75) is 4.90 Å². The third kappa shape index (κ3) is 3.00. The molecule has 0 spiro atoms. The summed E-state index contributed by atoms with van der Waals surface area (Å²) in [5.41, 5.74) is 2.29. The van der Waals surface area contributed by atoms with E-state index in [1.165, 1.54) is 22.4 Å². The van der Waals surface area contributed by atoms with E-state index in [0.29, 0.717) is 28.2 Å². The molecule has 0 fully saturated rings. The van der Waals surface area contributed by atoms with E-state index < -0.39 is 10.0 Å². The van der Waals surface area contributed by atoms with Crippen molar-refractivity contribution in [2.75, 3.05) is 0 Å². The number of hydrogen-bond acceptors (Lipinski definition) is 4. The second-order valence-corrected chi connectivity index (χ2v) is 8.53. The number of fused-ring (bicyclic) bond motifs is 1. The van der Waals surface area contributed by atoms with Gasteiger partial charge in [0.2, 0.25) is 5.89 Å². The van der Waals surface area contributed by atoms with Gasteiger partial charge >= 0.3 is 0 Å². The van der Waals surface area contributed by atoms with Crippen LogP contribution in [0, 0.1) is 5.82 Å². The highest BCUT2D eigenvalue weighted by Gasteiger charge is 2.22. The Morgan fingerprint density at radius 1 is 0.867 bits per heavy atom. The number of hydrogen-bond donors (Lipinski definition) is 0. The van der Waals surface area contributed by atoms with Crippen molar-refractivity contribution in [3.8, 4) is 22.7 Å². The van der Waals surface area contributed by atoms with Gasteiger partial charge in [0.25, 0.3) is 10.0 Å². The predicted octanol–water partition coefficient (Wildman–Crippen LogP) is 5.34. The van der Waals surface area contributed by atoms with Gasteiger partial charge in [-0.2, -0.15) is 0 Å². The molecule has 0 saturated carbocycles. The third-order valence-corrected chi connectivity index (χ3v) is 6.54. The summed E-state index contributed by atoms with van der Waals surface area (Å²) in [5.74, 6) is -0.0209. The largest absolute Gasteiger partial charge is 0.444 e. The van der Waals surface area contributed by atoms with Crippen LogP contribution in [-0.2, 0) is 10.0 Å². The minimum absolute atomic E-state index is 0.199. The van der Waals surface area contributed by atoms with Gasteiger partial charge in [0.1, 0.15) is 17.8 Å². The number of benzene rings is 3. The maximum atomic E-state index is 13.2. The molecule has 0 bridgehead atoms. The monoisotopic (exact) mass is 418 g/mol. The summed E-state index contributed by atoms with van der Waals surface area (Å²) in [5, 5.41) is 0.732. The zero-order chi connectivity index (χ0) is 20.7. The highest BCUT2D eigenvalue weighted by molar-refractivity contribution is 7.90. The maximum absolute atomic E-state index is 13.2. The van der Waals surface area contributed by atoms with E-state index in [-0.39, 0.29) is 10.7 Å². The molecule has 0 aliphatic rings. The number of oxazole rings is 1. The Balaban J connectivity index is 1.66. The van der Waals surface area contributed by atoms with Crippen LogP contribution in [0.2, 0.25) is 0 Å². The van der Waals surface area contributed by atoms with E-state index >= 15 is 0 Å². The molecule has 0 amide bonds. The van der Waals surface area contributed by atoms with Crippen LogP contribution in [0.4, 0.5) is 4.39 Å². The van der Waals surface area contributed by atoms with Crippen molar-refractivity contribution < 1.29 is 17.2 Å². The van der Waals surface area contributed by atoms with Gasteiger partial charge in [-0.25, -0.2) is 21.8 Å². The van der Waals surface area contributed by atoms with Crippen LogP contribution in [0.15, 0.2) is 101 Å². The first-order chi connectivity index (χ1) is 14.5. The van der Waals surface area contributed by atoms with E-state index in [0.717, 1.165) is 5.39 Å². The number of rotatable bonds is 4. The zero-order valence-corrected chi connectivity index (χ0v) is 16.4. The van der Waals surface area contributed by atoms with Crippen LogP contribution in [0.5, 0.6) is 0 Å². The van der Waals surface area contributed by atoms with Crippen molar-refractivity contribution in [3.05, 3.63) is 97.1 Å². The SMILES string of the molecule is O=S(=O)(c1ccccc1)n1cc(-c2coc(-c3ccc(F)cc3)n2)c2ccccc21. The average Bonchev–Trinajstić information content (AvgIpc) is 3.40. The first kappa shape index (κ1) is 18.3. The molecule has 0 N–H and O–H groups in total. The van der Waals surface area contributed by atoms with Gasteiger partial charge in [-0.15, -0.1) is 0 Å². The summed E-state index contributed by atoms with van der Waals surface area (Å²) in [6, 6.07) is 21.3. The minimum Gasteiger partial charge on any atom is -0.444 e. The summed E-state index contributed by atoms with van der Waals surface area (Å²) in [4.78, 5) is 4.70. The van der Waals surface area contributed by atoms with Crippen LogP contribution in [0.1, 0.15) is 0 Å². The molecule has 0 atom stereocenters. The van der Waals surface area contributed by atoms with E-state index in [4.69, 9.17) is 4.42 Å². The number of para-hydroxylation sites is 1. The lowest BCUT2D eigenvalue weighted by Gasteiger charge is -2.07. The van der Waals surface area contributed by atoms with E-state index in [1.807, 2.05) is 12.1 Å². The standard InChI is InChI=1S/C23H15FN2O3S/c24-17-12-10-16(11-13-17)23-25-21(15-29-23)20-14-26(22-9-5-4-8-19(20)22)30(27,28)18-6-2-1-3-7-18/h1-15H. The van der Waals surface area contributed by atoms with Gasteiger partial charge in [-0.05, 0) is 42.5 Å². The molecule has 0 aliphatic carbocycles. The predicted molar refractivity (Wildman–Crippen MR) is 112 cm³/mol. The van der Waals surface area contributed by atoms with Crippen LogP contribution >= 0.6 is 0 Å². The lowest BCUT2D eigenvalue weighted by Crippen LogP contribution is -2.11. The Morgan fingerprint density at radius 3 is 2.33 bits per heavy atom. The van der Waals surface area contributed by atoms with E-state index in [1.54, 1.807) is 60.8 Å². The average molecular weight is 418 g/mol. The summed E-state index contributed by atoms with van der Waals surface area (Å²) >= 11 is 0. The topological polar surface area (TPSA) is 65.1 Å². The summed E-state index contributed by atoms with van der Waals surface area (Å²) in [6.45, 7) is 0. The molecule has 0 aliphatic heterocycles. The molecule has 2 aromatic heterocycles. The van der Waals surface area contributed by atoms with Gasteiger partial charge < -0.3 is 4.42 Å². The highest BCUT2D eigenvalue weighted by atomic mass is 32.2. The van der Waals surface area contributed by atoms with Crippen LogP contribution in [0.3, 0.4) is 0 Å².